The number of carbonyl (C=O) groups excluding carboxylic acids is 1. The molecule has 0 atom stereocenters. The zero-order chi connectivity index (χ0) is 13.1. The maximum Gasteiger partial charge on any atom is 0.257 e. The molecule has 4 heteroatoms. The van der Waals surface area contributed by atoms with E-state index >= 15 is 0 Å². The van der Waals surface area contributed by atoms with Crippen LogP contribution in [0.2, 0.25) is 0 Å². The Morgan fingerprint density at radius 2 is 2.00 bits per heavy atom. The number of nitrogens with two attached hydrogens (primary N) is 1. The summed E-state index contributed by atoms with van der Waals surface area (Å²) in [5.41, 5.74) is 6.98. The molecule has 0 spiro atoms. The zero-order valence-corrected chi connectivity index (χ0v) is 11.0. The number of benzene rings is 1. The number of rotatable bonds is 3. The van der Waals surface area contributed by atoms with Crippen LogP contribution in [0.5, 0.6) is 5.75 Å². The second-order valence-electron chi connectivity index (χ2n) is 4.98. The molecule has 0 radical (unpaired) electrons. The molecule has 2 rings (SSSR count). The third kappa shape index (κ3) is 2.75. The second-order valence-corrected chi connectivity index (χ2v) is 4.98. The molecule has 0 bridgehead atoms. The Labute approximate surface area is 108 Å². The van der Waals surface area contributed by atoms with Gasteiger partial charge in [-0.05, 0) is 37.8 Å². The fourth-order valence-corrected chi connectivity index (χ4v) is 2.24. The van der Waals surface area contributed by atoms with E-state index in [0.29, 0.717) is 17.0 Å². The van der Waals surface area contributed by atoms with Crippen LogP contribution < -0.4 is 10.5 Å². The molecule has 0 aliphatic heterocycles. The van der Waals surface area contributed by atoms with Crippen molar-refractivity contribution < 1.29 is 9.53 Å². The lowest BCUT2D eigenvalue weighted by atomic mass is 10.1. The van der Waals surface area contributed by atoms with Crippen LogP contribution in [0.15, 0.2) is 18.2 Å². The molecule has 1 aromatic carbocycles. The van der Waals surface area contributed by atoms with Crippen molar-refractivity contribution in [3.63, 3.8) is 0 Å². The van der Waals surface area contributed by atoms with Crippen molar-refractivity contribution in [1.82, 2.24) is 4.90 Å². The van der Waals surface area contributed by atoms with Crippen molar-refractivity contribution in [1.29, 1.82) is 0 Å². The van der Waals surface area contributed by atoms with Crippen LogP contribution in [0, 0.1) is 0 Å². The Hall–Kier alpha value is -1.71. The number of nitrogens with zero attached hydrogens (tertiary/aromatic N) is 1. The van der Waals surface area contributed by atoms with Crippen LogP contribution in [0.4, 0.5) is 5.69 Å². The van der Waals surface area contributed by atoms with E-state index in [4.69, 9.17) is 10.5 Å². The third-order valence-electron chi connectivity index (χ3n) is 3.24. The van der Waals surface area contributed by atoms with E-state index in [1.54, 1.807) is 37.2 Å². The summed E-state index contributed by atoms with van der Waals surface area (Å²) < 4.78 is 5.93. The third-order valence-corrected chi connectivity index (χ3v) is 3.24. The average Bonchev–Trinajstić information content (AvgIpc) is 2.81. The lowest BCUT2D eigenvalue weighted by Crippen LogP contribution is -2.23. The van der Waals surface area contributed by atoms with Gasteiger partial charge in [0.1, 0.15) is 5.75 Å². The lowest BCUT2D eigenvalue weighted by molar-refractivity contribution is 0.0820. The average molecular weight is 248 g/mol. The van der Waals surface area contributed by atoms with Gasteiger partial charge in [-0.2, -0.15) is 0 Å². The molecule has 1 aliphatic carbocycles. The van der Waals surface area contributed by atoms with Gasteiger partial charge < -0.3 is 15.4 Å². The standard InChI is InChI=1S/C14H20N2O2/c1-16(2)14(17)12-8-7-10(15)9-13(12)18-11-5-3-4-6-11/h7-9,11H,3-6,15H2,1-2H3. The summed E-state index contributed by atoms with van der Waals surface area (Å²) in [6.07, 6.45) is 4.74. The first-order valence-electron chi connectivity index (χ1n) is 6.36. The number of hydrogen-bond acceptors (Lipinski definition) is 3. The normalized spacial score (nSPS) is 15.7. The minimum atomic E-state index is -0.0528. The smallest absolute Gasteiger partial charge is 0.257 e. The van der Waals surface area contributed by atoms with Gasteiger partial charge in [0.25, 0.3) is 5.91 Å². The maximum atomic E-state index is 12.1. The number of carbonyl (C=O) groups is 1. The molecular weight excluding hydrogens is 228 g/mol. The van der Waals surface area contributed by atoms with Gasteiger partial charge in [-0.25, -0.2) is 0 Å². The van der Waals surface area contributed by atoms with Crippen molar-refractivity contribution in [2.45, 2.75) is 31.8 Å². The molecule has 2 N–H and O–H groups in total. The van der Waals surface area contributed by atoms with E-state index in [9.17, 15) is 4.79 Å². The van der Waals surface area contributed by atoms with Gasteiger partial charge in [0.05, 0.1) is 11.7 Å². The van der Waals surface area contributed by atoms with E-state index in [-0.39, 0.29) is 12.0 Å². The monoisotopic (exact) mass is 248 g/mol. The summed E-state index contributed by atoms with van der Waals surface area (Å²) in [6.45, 7) is 0. The van der Waals surface area contributed by atoms with Crippen LogP contribution in [-0.4, -0.2) is 31.0 Å². The molecular formula is C14H20N2O2. The largest absolute Gasteiger partial charge is 0.490 e. The van der Waals surface area contributed by atoms with E-state index in [1.807, 2.05) is 0 Å². The predicted molar refractivity (Wildman–Crippen MR) is 71.8 cm³/mol. The minimum Gasteiger partial charge on any atom is -0.490 e. The Bertz CT molecular complexity index is 437. The highest BCUT2D eigenvalue weighted by molar-refractivity contribution is 5.97. The van der Waals surface area contributed by atoms with Gasteiger partial charge in [0, 0.05) is 25.8 Å². The molecule has 0 aromatic heterocycles. The minimum absolute atomic E-state index is 0.0528. The van der Waals surface area contributed by atoms with Gasteiger partial charge in [0.15, 0.2) is 0 Å². The molecule has 0 heterocycles. The highest BCUT2D eigenvalue weighted by Gasteiger charge is 2.21. The molecule has 0 saturated heterocycles. The highest BCUT2D eigenvalue weighted by atomic mass is 16.5. The Balaban J connectivity index is 2.25. The van der Waals surface area contributed by atoms with Crippen LogP contribution in [0.25, 0.3) is 0 Å². The molecule has 4 nitrogen and oxygen atoms in total. The molecule has 98 valence electrons. The van der Waals surface area contributed by atoms with Crippen LogP contribution in [0.3, 0.4) is 0 Å². The zero-order valence-electron chi connectivity index (χ0n) is 11.0. The topological polar surface area (TPSA) is 55.6 Å². The fraction of sp³-hybridized carbons (Fsp3) is 0.500. The quantitative estimate of drug-likeness (QED) is 0.835. The number of anilines is 1. The van der Waals surface area contributed by atoms with E-state index in [2.05, 4.69) is 0 Å². The summed E-state index contributed by atoms with van der Waals surface area (Å²) in [5, 5.41) is 0. The first-order chi connectivity index (χ1) is 8.58. The van der Waals surface area contributed by atoms with E-state index in [1.165, 1.54) is 12.8 Å². The molecule has 0 unspecified atom stereocenters. The number of ether oxygens (including phenoxy) is 1. The summed E-state index contributed by atoms with van der Waals surface area (Å²) >= 11 is 0. The highest BCUT2D eigenvalue weighted by Crippen LogP contribution is 2.28. The maximum absolute atomic E-state index is 12.1. The molecule has 18 heavy (non-hydrogen) atoms. The van der Waals surface area contributed by atoms with Crippen molar-refractivity contribution >= 4 is 11.6 Å². The predicted octanol–water partition coefficient (Wildman–Crippen LogP) is 2.29. The first-order valence-corrected chi connectivity index (χ1v) is 6.36. The lowest BCUT2D eigenvalue weighted by Gasteiger charge is -2.18. The van der Waals surface area contributed by atoms with E-state index in [0.717, 1.165) is 12.8 Å². The Morgan fingerprint density at radius 3 is 2.61 bits per heavy atom. The molecule has 1 aromatic rings. The molecule has 1 aliphatic rings. The Morgan fingerprint density at radius 1 is 1.33 bits per heavy atom. The van der Waals surface area contributed by atoms with Crippen molar-refractivity contribution in [3.8, 4) is 5.75 Å². The number of hydrogen-bond donors (Lipinski definition) is 1. The summed E-state index contributed by atoms with van der Waals surface area (Å²) in [5.74, 6) is 0.559. The van der Waals surface area contributed by atoms with Gasteiger partial charge in [-0.3, -0.25) is 4.79 Å². The fourth-order valence-electron chi connectivity index (χ4n) is 2.24. The molecule has 1 amide bonds. The summed E-state index contributed by atoms with van der Waals surface area (Å²) in [6, 6.07) is 5.22. The van der Waals surface area contributed by atoms with Gasteiger partial charge in [0.2, 0.25) is 0 Å². The van der Waals surface area contributed by atoms with Crippen LogP contribution in [0.1, 0.15) is 36.0 Å². The Kier molecular flexibility index (Phi) is 3.75. The molecule has 1 fully saturated rings. The second kappa shape index (κ2) is 5.29. The van der Waals surface area contributed by atoms with Crippen LogP contribution in [-0.2, 0) is 0 Å². The van der Waals surface area contributed by atoms with Crippen molar-refractivity contribution in [2.24, 2.45) is 0 Å². The summed E-state index contributed by atoms with van der Waals surface area (Å²) in [4.78, 5) is 13.6. The van der Waals surface area contributed by atoms with E-state index < -0.39 is 0 Å². The van der Waals surface area contributed by atoms with Gasteiger partial charge in [-0.1, -0.05) is 0 Å². The van der Waals surface area contributed by atoms with Gasteiger partial charge in [-0.15, -0.1) is 0 Å². The SMILES string of the molecule is CN(C)C(=O)c1ccc(N)cc1OC1CCCC1. The summed E-state index contributed by atoms with van der Waals surface area (Å²) in [7, 11) is 3.47. The number of nitrogen functional groups attached to an aromatic ring is 1. The van der Waals surface area contributed by atoms with Crippen LogP contribution >= 0.6 is 0 Å². The van der Waals surface area contributed by atoms with Gasteiger partial charge >= 0.3 is 0 Å². The van der Waals surface area contributed by atoms with Crippen molar-refractivity contribution in [3.05, 3.63) is 23.8 Å². The molecule has 1 saturated carbocycles. The first kappa shape index (κ1) is 12.7. The van der Waals surface area contributed by atoms with Crippen molar-refractivity contribution in [2.75, 3.05) is 19.8 Å². The number of amides is 1.